The van der Waals surface area contributed by atoms with Crippen molar-refractivity contribution in [2.75, 3.05) is 14.2 Å². The summed E-state index contributed by atoms with van der Waals surface area (Å²) in [6.07, 6.45) is 2.52. The van der Waals surface area contributed by atoms with Gasteiger partial charge >= 0.3 is 0 Å². The lowest BCUT2D eigenvalue weighted by Gasteiger charge is -2.16. The molecule has 0 aliphatic rings. The van der Waals surface area contributed by atoms with E-state index in [9.17, 15) is 0 Å². The summed E-state index contributed by atoms with van der Waals surface area (Å²) in [5.74, 6) is 2.17. The molecule has 0 saturated carbocycles. The number of furan rings is 1. The van der Waals surface area contributed by atoms with E-state index in [0.717, 1.165) is 17.7 Å². The van der Waals surface area contributed by atoms with Gasteiger partial charge in [-0.3, -0.25) is 0 Å². The van der Waals surface area contributed by atoms with Gasteiger partial charge in [-0.15, -0.1) is 0 Å². The number of halogens is 1. The van der Waals surface area contributed by atoms with Crippen molar-refractivity contribution in [2.24, 2.45) is 0 Å². The highest BCUT2D eigenvalue weighted by Crippen LogP contribution is 2.37. The van der Waals surface area contributed by atoms with Crippen LogP contribution in [0, 0.1) is 0 Å². The molecule has 1 aromatic heterocycles. The van der Waals surface area contributed by atoms with Crippen molar-refractivity contribution in [3.8, 4) is 11.5 Å². The lowest BCUT2D eigenvalue weighted by atomic mass is 10.1. The lowest BCUT2D eigenvalue weighted by molar-refractivity contribution is 0.354. The molecule has 0 fully saturated rings. The van der Waals surface area contributed by atoms with E-state index in [0.29, 0.717) is 23.1 Å². The fourth-order valence-corrected chi connectivity index (χ4v) is 2.45. The van der Waals surface area contributed by atoms with Crippen LogP contribution in [-0.4, -0.2) is 20.3 Å². The van der Waals surface area contributed by atoms with Gasteiger partial charge in [-0.2, -0.15) is 0 Å². The highest BCUT2D eigenvalue weighted by atomic mass is 35.5. The summed E-state index contributed by atoms with van der Waals surface area (Å²) in [6.45, 7) is 2.76. The summed E-state index contributed by atoms with van der Waals surface area (Å²) < 4.78 is 15.9. The van der Waals surface area contributed by atoms with Gasteiger partial charge in [0.25, 0.3) is 0 Å². The van der Waals surface area contributed by atoms with Gasteiger partial charge < -0.3 is 19.2 Å². The zero-order valence-corrected chi connectivity index (χ0v) is 13.2. The molecular formula is C16H20ClNO3. The summed E-state index contributed by atoms with van der Waals surface area (Å²) in [5, 5.41) is 4.00. The van der Waals surface area contributed by atoms with Crippen molar-refractivity contribution in [3.05, 3.63) is 46.9 Å². The lowest BCUT2D eigenvalue weighted by Crippen LogP contribution is -2.27. The molecule has 1 N–H and O–H groups in total. The Bertz CT molecular complexity index is 569. The molecule has 0 spiro atoms. The predicted octanol–water partition coefficient (Wildman–Crippen LogP) is 3.67. The maximum absolute atomic E-state index is 6.36. The highest BCUT2D eigenvalue weighted by Gasteiger charge is 2.14. The van der Waals surface area contributed by atoms with Crippen LogP contribution in [0.4, 0.5) is 0 Å². The smallest absolute Gasteiger partial charge is 0.179 e. The van der Waals surface area contributed by atoms with E-state index in [1.165, 1.54) is 0 Å². The zero-order valence-electron chi connectivity index (χ0n) is 12.5. The monoisotopic (exact) mass is 309 g/mol. The van der Waals surface area contributed by atoms with Crippen molar-refractivity contribution >= 4 is 11.6 Å². The molecule has 0 aliphatic carbocycles. The van der Waals surface area contributed by atoms with Crippen LogP contribution in [0.1, 0.15) is 18.2 Å². The standard InChI is InChI=1S/C16H20ClNO3/c1-11(9-13-5-4-8-21-13)18-10-12-6-7-14(19-2)16(20-3)15(12)17/h4-8,11,18H,9-10H2,1-3H3. The number of ether oxygens (including phenoxy) is 2. The van der Waals surface area contributed by atoms with Gasteiger partial charge in [0.1, 0.15) is 5.76 Å². The molecule has 0 amide bonds. The van der Waals surface area contributed by atoms with Crippen molar-refractivity contribution in [2.45, 2.75) is 25.9 Å². The average molecular weight is 310 g/mol. The molecule has 114 valence electrons. The second-order valence-corrected chi connectivity index (χ2v) is 5.22. The van der Waals surface area contributed by atoms with Crippen molar-refractivity contribution in [1.29, 1.82) is 0 Å². The Kier molecular flexibility index (Phi) is 5.53. The second kappa shape index (κ2) is 7.38. The normalized spacial score (nSPS) is 12.2. The van der Waals surface area contributed by atoms with Gasteiger partial charge in [-0.05, 0) is 30.7 Å². The first kappa shape index (κ1) is 15.7. The van der Waals surface area contributed by atoms with Crippen LogP contribution >= 0.6 is 11.6 Å². The Hall–Kier alpha value is -1.65. The Morgan fingerprint density at radius 1 is 1.24 bits per heavy atom. The minimum absolute atomic E-state index is 0.278. The third kappa shape index (κ3) is 3.93. The molecule has 0 bridgehead atoms. The first-order valence-electron chi connectivity index (χ1n) is 6.80. The third-order valence-corrected chi connectivity index (χ3v) is 3.71. The zero-order chi connectivity index (χ0) is 15.2. The predicted molar refractivity (Wildman–Crippen MR) is 83.3 cm³/mol. The van der Waals surface area contributed by atoms with Gasteiger partial charge in [-0.25, -0.2) is 0 Å². The summed E-state index contributed by atoms with van der Waals surface area (Å²) in [4.78, 5) is 0. The highest BCUT2D eigenvalue weighted by molar-refractivity contribution is 6.33. The van der Waals surface area contributed by atoms with E-state index in [4.69, 9.17) is 25.5 Å². The maximum Gasteiger partial charge on any atom is 0.179 e. The number of hydrogen-bond acceptors (Lipinski definition) is 4. The fourth-order valence-electron chi connectivity index (χ4n) is 2.15. The minimum Gasteiger partial charge on any atom is -0.493 e. The van der Waals surface area contributed by atoms with Gasteiger partial charge in [0.15, 0.2) is 11.5 Å². The van der Waals surface area contributed by atoms with Crippen LogP contribution in [0.2, 0.25) is 5.02 Å². The van der Waals surface area contributed by atoms with Crippen molar-refractivity contribution < 1.29 is 13.9 Å². The number of methoxy groups -OCH3 is 2. The van der Waals surface area contributed by atoms with Gasteiger partial charge in [0, 0.05) is 19.0 Å². The first-order chi connectivity index (χ1) is 10.2. The minimum atomic E-state index is 0.278. The Morgan fingerprint density at radius 3 is 2.67 bits per heavy atom. The molecule has 0 aliphatic heterocycles. The SMILES string of the molecule is COc1ccc(CNC(C)Cc2ccco2)c(Cl)c1OC. The molecule has 2 aromatic rings. The molecule has 1 atom stereocenters. The average Bonchev–Trinajstić information content (AvgIpc) is 2.98. The molecule has 0 radical (unpaired) electrons. The van der Waals surface area contributed by atoms with Crippen molar-refractivity contribution in [1.82, 2.24) is 5.32 Å². The molecule has 1 heterocycles. The van der Waals surface area contributed by atoms with Crippen LogP contribution in [0.15, 0.2) is 34.9 Å². The van der Waals surface area contributed by atoms with E-state index >= 15 is 0 Å². The summed E-state index contributed by atoms with van der Waals surface area (Å²) >= 11 is 6.36. The molecule has 5 heteroatoms. The number of nitrogens with one attached hydrogen (secondary N) is 1. The van der Waals surface area contributed by atoms with Gasteiger partial charge in [-0.1, -0.05) is 17.7 Å². The van der Waals surface area contributed by atoms with E-state index in [1.54, 1.807) is 20.5 Å². The summed E-state index contributed by atoms with van der Waals surface area (Å²) in [6, 6.07) is 7.95. The number of rotatable bonds is 7. The summed E-state index contributed by atoms with van der Waals surface area (Å²) in [7, 11) is 3.18. The number of hydrogen-bond donors (Lipinski definition) is 1. The molecule has 2 rings (SSSR count). The van der Waals surface area contributed by atoms with Crippen molar-refractivity contribution in [3.63, 3.8) is 0 Å². The third-order valence-electron chi connectivity index (χ3n) is 3.29. The van der Waals surface area contributed by atoms with Gasteiger partial charge in [0.05, 0.1) is 25.5 Å². The summed E-state index contributed by atoms with van der Waals surface area (Å²) in [5.41, 5.74) is 0.973. The second-order valence-electron chi connectivity index (χ2n) is 4.84. The molecule has 21 heavy (non-hydrogen) atoms. The van der Waals surface area contributed by atoms with E-state index in [-0.39, 0.29) is 6.04 Å². The fraction of sp³-hybridized carbons (Fsp3) is 0.375. The quantitative estimate of drug-likeness (QED) is 0.847. The van der Waals surface area contributed by atoms with E-state index in [2.05, 4.69) is 12.2 Å². The molecular weight excluding hydrogens is 290 g/mol. The molecule has 1 aromatic carbocycles. The van der Waals surface area contributed by atoms with Crippen LogP contribution in [0.25, 0.3) is 0 Å². The molecule has 0 saturated heterocycles. The van der Waals surface area contributed by atoms with Crippen LogP contribution in [-0.2, 0) is 13.0 Å². The van der Waals surface area contributed by atoms with E-state index in [1.807, 2.05) is 24.3 Å². The van der Waals surface area contributed by atoms with E-state index < -0.39 is 0 Å². The van der Waals surface area contributed by atoms with Crippen LogP contribution in [0.3, 0.4) is 0 Å². The Labute approximate surface area is 130 Å². The number of benzene rings is 1. The Morgan fingerprint density at radius 2 is 2.05 bits per heavy atom. The largest absolute Gasteiger partial charge is 0.493 e. The van der Waals surface area contributed by atoms with Crippen LogP contribution < -0.4 is 14.8 Å². The maximum atomic E-state index is 6.36. The van der Waals surface area contributed by atoms with Gasteiger partial charge in [0.2, 0.25) is 0 Å². The van der Waals surface area contributed by atoms with Crippen LogP contribution in [0.5, 0.6) is 11.5 Å². The Balaban J connectivity index is 1.99. The molecule has 4 nitrogen and oxygen atoms in total. The first-order valence-corrected chi connectivity index (χ1v) is 7.18. The molecule has 1 unspecified atom stereocenters. The topological polar surface area (TPSA) is 43.6 Å².